The normalized spacial score (nSPS) is 17.4. The molecule has 118 valence electrons. The van der Waals surface area contributed by atoms with Crippen LogP contribution in [0.2, 0.25) is 0 Å². The minimum absolute atomic E-state index is 0.0464. The number of anilines is 1. The van der Waals surface area contributed by atoms with E-state index in [4.69, 9.17) is 0 Å². The first-order valence-electron chi connectivity index (χ1n) is 7.80. The lowest BCUT2D eigenvalue weighted by atomic mass is 10.1. The number of carbonyl (C=O) groups excluding carboxylic acids is 2. The second kappa shape index (κ2) is 6.24. The molecule has 4 heteroatoms. The second-order valence-electron chi connectivity index (χ2n) is 6.01. The standard InChI is InChI=1S/C19H20N2O2/c1-13-6-8-16(9-7-13)21-11-10-17(19(21)23)20-18(22)15-5-3-4-14(2)12-15/h3-9,12,17H,10-11H2,1-2H3,(H,20,22)/t17-/m0/s1. The third-order valence-electron chi connectivity index (χ3n) is 4.14. The van der Waals surface area contributed by atoms with Gasteiger partial charge in [0.2, 0.25) is 5.91 Å². The Morgan fingerprint density at radius 2 is 1.83 bits per heavy atom. The highest BCUT2D eigenvalue weighted by molar-refractivity contribution is 6.03. The number of aryl methyl sites for hydroxylation is 2. The molecular formula is C19H20N2O2. The van der Waals surface area contributed by atoms with E-state index in [2.05, 4.69) is 5.32 Å². The Hall–Kier alpha value is -2.62. The van der Waals surface area contributed by atoms with Crippen LogP contribution in [0.15, 0.2) is 48.5 Å². The van der Waals surface area contributed by atoms with Gasteiger partial charge < -0.3 is 10.2 Å². The Morgan fingerprint density at radius 1 is 1.09 bits per heavy atom. The van der Waals surface area contributed by atoms with E-state index < -0.39 is 6.04 Å². The molecule has 2 aromatic carbocycles. The van der Waals surface area contributed by atoms with Gasteiger partial charge in [-0.1, -0.05) is 35.4 Å². The first-order chi connectivity index (χ1) is 11.0. The van der Waals surface area contributed by atoms with Crippen LogP contribution in [0.3, 0.4) is 0 Å². The lowest BCUT2D eigenvalue weighted by Crippen LogP contribution is -2.41. The maximum absolute atomic E-state index is 12.5. The van der Waals surface area contributed by atoms with Gasteiger partial charge in [-0.25, -0.2) is 0 Å². The van der Waals surface area contributed by atoms with Crippen molar-refractivity contribution < 1.29 is 9.59 Å². The van der Waals surface area contributed by atoms with E-state index in [-0.39, 0.29) is 11.8 Å². The van der Waals surface area contributed by atoms with E-state index in [1.807, 2.05) is 56.3 Å². The highest BCUT2D eigenvalue weighted by Crippen LogP contribution is 2.22. The Balaban J connectivity index is 1.69. The van der Waals surface area contributed by atoms with Gasteiger partial charge in [0.15, 0.2) is 0 Å². The summed E-state index contributed by atoms with van der Waals surface area (Å²) in [7, 11) is 0. The van der Waals surface area contributed by atoms with E-state index in [0.717, 1.165) is 16.8 Å². The summed E-state index contributed by atoms with van der Waals surface area (Å²) in [6, 6.07) is 14.8. The number of hydrogen-bond donors (Lipinski definition) is 1. The number of nitrogens with zero attached hydrogens (tertiary/aromatic N) is 1. The average Bonchev–Trinajstić information content (AvgIpc) is 2.89. The molecule has 4 nitrogen and oxygen atoms in total. The highest BCUT2D eigenvalue weighted by atomic mass is 16.2. The molecule has 3 rings (SSSR count). The summed E-state index contributed by atoms with van der Waals surface area (Å²) in [6.07, 6.45) is 0.629. The number of rotatable bonds is 3. The Labute approximate surface area is 136 Å². The monoisotopic (exact) mass is 308 g/mol. The van der Waals surface area contributed by atoms with E-state index in [1.54, 1.807) is 11.0 Å². The molecule has 2 amide bonds. The predicted octanol–water partition coefficient (Wildman–Crippen LogP) is 2.84. The van der Waals surface area contributed by atoms with Crippen molar-refractivity contribution in [2.45, 2.75) is 26.3 Å². The number of carbonyl (C=O) groups is 2. The van der Waals surface area contributed by atoms with Gasteiger partial charge in [0.1, 0.15) is 6.04 Å². The Bertz CT molecular complexity index is 737. The topological polar surface area (TPSA) is 49.4 Å². The fourth-order valence-electron chi connectivity index (χ4n) is 2.82. The molecule has 23 heavy (non-hydrogen) atoms. The molecule has 1 saturated heterocycles. The summed E-state index contributed by atoms with van der Waals surface area (Å²) in [6.45, 7) is 4.58. The lowest BCUT2D eigenvalue weighted by molar-refractivity contribution is -0.118. The van der Waals surface area contributed by atoms with Crippen molar-refractivity contribution in [3.63, 3.8) is 0 Å². The first kappa shape index (κ1) is 15.3. The van der Waals surface area contributed by atoms with Gasteiger partial charge in [-0.15, -0.1) is 0 Å². The van der Waals surface area contributed by atoms with Crippen LogP contribution in [-0.2, 0) is 4.79 Å². The zero-order valence-corrected chi connectivity index (χ0v) is 13.4. The maximum Gasteiger partial charge on any atom is 0.251 e. The summed E-state index contributed by atoms with van der Waals surface area (Å²) >= 11 is 0. The molecular weight excluding hydrogens is 288 g/mol. The van der Waals surface area contributed by atoms with Crippen LogP contribution < -0.4 is 10.2 Å². The molecule has 0 bridgehead atoms. The molecule has 0 spiro atoms. The summed E-state index contributed by atoms with van der Waals surface area (Å²) in [5.74, 6) is -0.243. The highest BCUT2D eigenvalue weighted by Gasteiger charge is 2.33. The van der Waals surface area contributed by atoms with E-state index in [1.165, 1.54) is 0 Å². The zero-order chi connectivity index (χ0) is 16.4. The van der Waals surface area contributed by atoms with Crippen LogP contribution >= 0.6 is 0 Å². The average molecular weight is 308 g/mol. The molecule has 1 aliphatic rings. The molecule has 2 aromatic rings. The first-order valence-corrected chi connectivity index (χ1v) is 7.80. The fraction of sp³-hybridized carbons (Fsp3) is 0.263. The zero-order valence-electron chi connectivity index (χ0n) is 13.4. The van der Waals surface area contributed by atoms with Crippen LogP contribution in [0.5, 0.6) is 0 Å². The van der Waals surface area contributed by atoms with Crippen molar-refractivity contribution in [1.29, 1.82) is 0 Å². The van der Waals surface area contributed by atoms with Crippen molar-refractivity contribution in [2.75, 3.05) is 11.4 Å². The van der Waals surface area contributed by atoms with Gasteiger partial charge in [-0.2, -0.15) is 0 Å². The predicted molar refractivity (Wildman–Crippen MR) is 90.6 cm³/mol. The lowest BCUT2D eigenvalue weighted by Gasteiger charge is -2.17. The SMILES string of the molecule is Cc1ccc(N2CC[C@H](NC(=O)c3cccc(C)c3)C2=O)cc1. The molecule has 0 aliphatic carbocycles. The molecule has 0 radical (unpaired) electrons. The summed E-state index contributed by atoms with van der Waals surface area (Å²) in [4.78, 5) is 26.6. The molecule has 1 N–H and O–H groups in total. The Kier molecular flexibility index (Phi) is 4.15. The Morgan fingerprint density at radius 3 is 2.52 bits per heavy atom. The number of benzene rings is 2. The molecule has 0 aromatic heterocycles. The third-order valence-corrected chi connectivity index (χ3v) is 4.14. The molecule has 1 aliphatic heterocycles. The number of hydrogen-bond acceptors (Lipinski definition) is 2. The van der Waals surface area contributed by atoms with Crippen LogP contribution in [0.4, 0.5) is 5.69 Å². The maximum atomic E-state index is 12.5. The van der Waals surface area contributed by atoms with Gasteiger partial charge in [-0.05, 0) is 44.5 Å². The molecule has 1 heterocycles. The van der Waals surface area contributed by atoms with Crippen molar-refractivity contribution >= 4 is 17.5 Å². The van der Waals surface area contributed by atoms with Crippen LogP contribution in [-0.4, -0.2) is 24.4 Å². The van der Waals surface area contributed by atoms with E-state index >= 15 is 0 Å². The van der Waals surface area contributed by atoms with Crippen molar-refractivity contribution in [2.24, 2.45) is 0 Å². The number of amides is 2. The van der Waals surface area contributed by atoms with Gasteiger partial charge >= 0.3 is 0 Å². The quantitative estimate of drug-likeness (QED) is 0.948. The van der Waals surface area contributed by atoms with Crippen LogP contribution in [0.1, 0.15) is 27.9 Å². The largest absolute Gasteiger partial charge is 0.340 e. The summed E-state index contributed by atoms with van der Waals surface area (Å²) in [5, 5.41) is 2.85. The van der Waals surface area contributed by atoms with Crippen LogP contribution in [0, 0.1) is 13.8 Å². The van der Waals surface area contributed by atoms with Crippen LogP contribution in [0.25, 0.3) is 0 Å². The fourth-order valence-corrected chi connectivity index (χ4v) is 2.82. The molecule has 1 atom stereocenters. The van der Waals surface area contributed by atoms with Crippen molar-refractivity contribution in [3.8, 4) is 0 Å². The minimum Gasteiger partial charge on any atom is -0.340 e. The summed E-state index contributed by atoms with van der Waals surface area (Å²) in [5.41, 5.74) is 3.65. The van der Waals surface area contributed by atoms with Gasteiger partial charge in [-0.3, -0.25) is 9.59 Å². The molecule has 0 unspecified atom stereocenters. The third kappa shape index (κ3) is 3.26. The van der Waals surface area contributed by atoms with Gasteiger partial charge in [0, 0.05) is 17.8 Å². The van der Waals surface area contributed by atoms with Gasteiger partial charge in [0.25, 0.3) is 5.91 Å². The van der Waals surface area contributed by atoms with Gasteiger partial charge in [0.05, 0.1) is 0 Å². The van der Waals surface area contributed by atoms with Crippen molar-refractivity contribution in [3.05, 3.63) is 65.2 Å². The summed E-state index contributed by atoms with van der Waals surface area (Å²) < 4.78 is 0. The molecule has 1 fully saturated rings. The second-order valence-corrected chi connectivity index (χ2v) is 6.01. The number of nitrogens with one attached hydrogen (secondary N) is 1. The minimum atomic E-state index is -0.454. The van der Waals surface area contributed by atoms with Crippen molar-refractivity contribution in [1.82, 2.24) is 5.32 Å². The molecule has 0 saturated carbocycles. The smallest absolute Gasteiger partial charge is 0.251 e. The van der Waals surface area contributed by atoms with E-state index in [0.29, 0.717) is 18.5 Å². The van der Waals surface area contributed by atoms with E-state index in [9.17, 15) is 9.59 Å².